The summed E-state index contributed by atoms with van der Waals surface area (Å²) in [6.07, 6.45) is 0. The zero-order valence-electron chi connectivity index (χ0n) is 16.2. The summed E-state index contributed by atoms with van der Waals surface area (Å²) in [6.45, 7) is 8.18. The van der Waals surface area contributed by atoms with Crippen molar-refractivity contribution in [1.29, 1.82) is 0 Å². The summed E-state index contributed by atoms with van der Waals surface area (Å²) in [5, 5.41) is 0.559. The maximum Gasteiger partial charge on any atom is 0.263 e. The molecule has 28 heavy (non-hydrogen) atoms. The van der Waals surface area contributed by atoms with E-state index in [4.69, 9.17) is 11.6 Å². The predicted molar refractivity (Wildman–Crippen MR) is 111 cm³/mol. The number of nitrogens with zero attached hydrogens (tertiary/aromatic N) is 3. The summed E-state index contributed by atoms with van der Waals surface area (Å²) < 4.78 is 0. The first-order valence-electron chi connectivity index (χ1n) is 9.69. The van der Waals surface area contributed by atoms with E-state index in [2.05, 4.69) is 23.6 Å². The molecule has 2 aromatic carbocycles. The lowest BCUT2D eigenvalue weighted by Gasteiger charge is -2.38. The van der Waals surface area contributed by atoms with Gasteiger partial charge in [-0.25, -0.2) is 0 Å². The van der Waals surface area contributed by atoms with E-state index in [-0.39, 0.29) is 18.4 Å². The Bertz CT molecular complexity index is 920. The second kappa shape index (κ2) is 7.57. The maximum atomic E-state index is 13.2. The molecule has 2 aromatic rings. The molecule has 2 heterocycles. The van der Waals surface area contributed by atoms with Gasteiger partial charge in [-0.3, -0.25) is 19.4 Å². The predicted octanol–water partition coefficient (Wildman–Crippen LogP) is 3.67. The number of rotatable bonds is 4. The van der Waals surface area contributed by atoms with Crippen LogP contribution >= 0.6 is 11.6 Å². The van der Waals surface area contributed by atoms with Crippen molar-refractivity contribution >= 4 is 29.1 Å². The second-order valence-electron chi connectivity index (χ2n) is 7.60. The summed E-state index contributed by atoms with van der Waals surface area (Å²) >= 11 is 6.24. The van der Waals surface area contributed by atoms with Crippen LogP contribution in [0.2, 0.25) is 5.02 Å². The Morgan fingerprint density at radius 2 is 1.64 bits per heavy atom. The molecule has 0 aromatic heterocycles. The lowest BCUT2D eigenvalue weighted by molar-refractivity contribution is 0.0642. The molecule has 0 atom stereocenters. The van der Waals surface area contributed by atoms with E-state index in [0.29, 0.717) is 22.2 Å². The van der Waals surface area contributed by atoms with Crippen LogP contribution in [0.4, 0.5) is 5.69 Å². The highest BCUT2D eigenvalue weighted by atomic mass is 35.5. The molecule has 2 aliphatic heterocycles. The number of hydrogen-bond donors (Lipinski definition) is 0. The molecular formula is C22H24ClN3O2. The SMILES string of the molecule is CC(C)N1CCN(c2cccc3c2C(=O)N(Cc2ccccc2Cl)C3=O)CC1. The van der Waals surface area contributed by atoms with Gasteiger partial charge < -0.3 is 4.90 Å². The van der Waals surface area contributed by atoms with Crippen molar-refractivity contribution in [2.75, 3.05) is 31.1 Å². The van der Waals surface area contributed by atoms with E-state index in [1.807, 2.05) is 30.3 Å². The Morgan fingerprint density at radius 1 is 0.929 bits per heavy atom. The van der Waals surface area contributed by atoms with Crippen LogP contribution in [0.5, 0.6) is 0 Å². The van der Waals surface area contributed by atoms with Crippen LogP contribution in [0.25, 0.3) is 0 Å². The summed E-state index contributed by atoms with van der Waals surface area (Å²) in [6, 6.07) is 13.4. The molecule has 1 fully saturated rings. The van der Waals surface area contributed by atoms with Gasteiger partial charge in [0, 0.05) is 37.2 Å². The third kappa shape index (κ3) is 3.29. The van der Waals surface area contributed by atoms with Crippen molar-refractivity contribution in [2.45, 2.75) is 26.4 Å². The van der Waals surface area contributed by atoms with Gasteiger partial charge in [0.2, 0.25) is 0 Å². The molecule has 5 nitrogen and oxygen atoms in total. The normalized spacial score (nSPS) is 17.6. The zero-order valence-corrected chi connectivity index (χ0v) is 16.9. The minimum Gasteiger partial charge on any atom is -0.368 e. The molecule has 0 N–H and O–H groups in total. The van der Waals surface area contributed by atoms with Gasteiger partial charge in [0.15, 0.2) is 0 Å². The largest absolute Gasteiger partial charge is 0.368 e. The number of imide groups is 1. The molecule has 0 saturated carbocycles. The number of halogens is 1. The van der Waals surface area contributed by atoms with Gasteiger partial charge >= 0.3 is 0 Å². The fraction of sp³-hybridized carbons (Fsp3) is 0.364. The smallest absolute Gasteiger partial charge is 0.263 e. The number of anilines is 1. The number of hydrogen-bond acceptors (Lipinski definition) is 4. The lowest BCUT2D eigenvalue weighted by Crippen LogP contribution is -2.49. The number of piperazine rings is 1. The average Bonchev–Trinajstić information content (AvgIpc) is 2.94. The summed E-state index contributed by atoms with van der Waals surface area (Å²) in [4.78, 5) is 32.1. The zero-order chi connectivity index (χ0) is 19.8. The third-order valence-electron chi connectivity index (χ3n) is 5.65. The summed E-state index contributed by atoms with van der Waals surface area (Å²) in [7, 11) is 0. The Morgan fingerprint density at radius 3 is 2.32 bits per heavy atom. The summed E-state index contributed by atoms with van der Waals surface area (Å²) in [5.74, 6) is -0.482. The number of carbonyl (C=O) groups excluding carboxylic acids is 2. The van der Waals surface area contributed by atoms with Crippen molar-refractivity contribution < 1.29 is 9.59 Å². The van der Waals surface area contributed by atoms with Crippen LogP contribution in [0, 0.1) is 0 Å². The quantitative estimate of drug-likeness (QED) is 0.738. The van der Waals surface area contributed by atoms with Gasteiger partial charge in [-0.1, -0.05) is 35.9 Å². The van der Waals surface area contributed by atoms with Gasteiger partial charge in [0.05, 0.1) is 23.4 Å². The van der Waals surface area contributed by atoms with Crippen LogP contribution in [0.3, 0.4) is 0 Å². The molecule has 146 valence electrons. The molecule has 2 aliphatic rings. The van der Waals surface area contributed by atoms with E-state index in [9.17, 15) is 9.59 Å². The van der Waals surface area contributed by atoms with Crippen molar-refractivity contribution in [3.63, 3.8) is 0 Å². The highest BCUT2D eigenvalue weighted by Crippen LogP contribution is 2.33. The molecule has 1 saturated heterocycles. The average molecular weight is 398 g/mol. The highest BCUT2D eigenvalue weighted by Gasteiger charge is 2.39. The molecule has 4 rings (SSSR count). The van der Waals surface area contributed by atoms with Crippen molar-refractivity contribution in [3.05, 3.63) is 64.2 Å². The minimum atomic E-state index is -0.248. The second-order valence-corrected chi connectivity index (χ2v) is 8.01. The van der Waals surface area contributed by atoms with Gasteiger partial charge in [0.1, 0.15) is 0 Å². The van der Waals surface area contributed by atoms with E-state index in [1.165, 1.54) is 4.90 Å². The fourth-order valence-electron chi connectivity index (χ4n) is 4.00. The first-order valence-corrected chi connectivity index (χ1v) is 10.1. The monoisotopic (exact) mass is 397 g/mol. The van der Waals surface area contributed by atoms with E-state index >= 15 is 0 Å². The number of benzene rings is 2. The maximum absolute atomic E-state index is 13.2. The van der Waals surface area contributed by atoms with E-state index in [1.54, 1.807) is 12.1 Å². The molecule has 0 radical (unpaired) electrons. The molecule has 0 unspecified atom stereocenters. The van der Waals surface area contributed by atoms with Crippen LogP contribution in [0.15, 0.2) is 42.5 Å². The molecule has 0 bridgehead atoms. The molecule has 6 heteroatoms. The Hall–Kier alpha value is -2.37. The number of amides is 2. The fourth-order valence-corrected chi connectivity index (χ4v) is 4.19. The van der Waals surface area contributed by atoms with Crippen molar-refractivity contribution in [3.8, 4) is 0 Å². The standard InChI is InChI=1S/C22H24ClN3O2/c1-15(2)24-10-12-25(13-11-24)19-9-5-7-17-20(19)22(28)26(21(17)27)14-16-6-3-4-8-18(16)23/h3-9,15H,10-14H2,1-2H3. The molecule has 0 spiro atoms. The van der Waals surface area contributed by atoms with Gasteiger partial charge in [-0.2, -0.15) is 0 Å². The Kier molecular flexibility index (Phi) is 5.13. The van der Waals surface area contributed by atoms with Crippen molar-refractivity contribution in [2.24, 2.45) is 0 Å². The first-order chi connectivity index (χ1) is 13.5. The first kappa shape index (κ1) is 19.0. The van der Waals surface area contributed by atoms with Gasteiger partial charge in [-0.15, -0.1) is 0 Å². The van der Waals surface area contributed by atoms with Crippen molar-refractivity contribution in [1.82, 2.24) is 9.80 Å². The van der Waals surface area contributed by atoms with E-state index < -0.39 is 0 Å². The van der Waals surface area contributed by atoms with Crippen LogP contribution in [-0.2, 0) is 6.54 Å². The number of carbonyl (C=O) groups is 2. The minimum absolute atomic E-state index is 0.187. The van der Waals surface area contributed by atoms with Crippen LogP contribution in [0.1, 0.15) is 40.1 Å². The van der Waals surface area contributed by atoms with Crippen LogP contribution in [-0.4, -0.2) is 53.8 Å². The molecular weight excluding hydrogens is 374 g/mol. The van der Waals surface area contributed by atoms with Gasteiger partial charge in [-0.05, 0) is 37.6 Å². The topological polar surface area (TPSA) is 43.9 Å². The highest BCUT2D eigenvalue weighted by molar-refractivity contribution is 6.31. The summed E-state index contributed by atoms with van der Waals surface area (Å²) in [5.41, 5.74) is 2.64. The van der Waals surface area contributed by atoms with E-state index in [0.717, 1.165) is 37.4 Å². The lowest BCUT2D eigenvalue weighted by atomic mass is 10.1. The molecule has 0 aliphatic carbocycles. The number of fused-ring (bicyclic) bond motifs is 1. The Balaban J connectivity index is 1.61. The Labute approximate surface area is 170 Å². The third-order valence-corrected chi connectivity index (χ3v) is 6.02. The van der Waals surface area contributed by atoms with Crippen LogP contribution < -0.4 is 4.90 Å². The van der Waals surface area contributed by atoms with Gasteiger partial charge in [0.25, 0.3) is 11.8 Å². The molecule has 2 amide bonds.